The third-order valence-corrected chi connectivity index (χ3v) is 5.46. The van der Waals surface area contributed by atoms with E-state index in [1.54, 1.807) is 0 Å². The monoisotopic (exact) mass is 341 g/mol. The zero-order valence-corrected chi connectivity index (χ0v) is 15.2. The molecule has 1 aromatic heterocycles. The summed E-state index contributed by atoms with van der Waals surface area (Å²) in [5.74, 6) is 0.116. The van der Waals surface area contributed by atoms with E-state index in [-0.39, 0.29) is 5.91 Å². The first-order chi connectivity index (χ1) is 12.1. The molecule has 1 aromatic carbocycles. The minimum absolute atomic E-state index is 0.116. The summed E-state index contributed by atoms with van der Waals surface area (Å²) >= 11 is 0. The molecule has 2 aliphatic rings. The van der Waals surface area contributed by atoms with Crippen molar-refractivity contribution in [2.75, 3.05) is 39.3 Å². The molecule has 3 heterocycles. The molecule has 2 aromatic rings. The number of aryl methyl sites for hydroxylation is 2. The number of aromatic amines is 1. The minimum atomic E-state index is 0.116. The molecule has 0 bridgehead atoms. The Bertz CT molecular complexity index is 769. The van der Waals surface area contributed by atoms with Gasteiger partial charge in [-0.15, -0.1) is 0 Å². The van der Waals surface area contributed by atoms with Gasteiger partial charge in [0.05, 0.1) is 6.10 Å². The first kappa shape index (κ1) is 16.6. The predicted octanol–water partition coefficient (Wildman–Crippen LogP) is 2.72. The van der Waals surface area contributed by atoms with Gasteiger partial charge in [0, 0.05) is 50.2 Å². The molecule has 2 saturated heterocycles. The number of piperazine rings is 1. The summed E-state index contributed by atoms with van der Waals surface area (Å²) in [6.07, 6.45) is 2.75. The lowest BCUT2D eigenvalue weighted by Gasteiger charge is -2.35. The lowest BCUT2D eigenvalue weighted by molar-refractivity contribution is 0.0430. The number of benzene rings is 1. The molecule has 1 unspecified atom stereocenters. The zero-order chi connectivity index (χ0) is 17.4. The van der Waals surface area contributed by atoms with Gasteiger partial charge >= 0.3 is 0 Å². The lowest BCUT2D eigenvalue weighted by Crippen LogP contribution is -2.50. The number of fused-ring (bicyclic) bond motifs is 1. The first-order valence-corrected chi connectivity index (χ1v) is 9.33. The van der Waals surface area contributed by atoms with E-state index >= 15 is 0 Å². The van der Waals surface area contributed by atoms with Gasteiger partial charge in [-0.2, -0.15) is 0 Å². The standard InChI is InChI=1S/C20H27N3O2/c1-14-10-15(2)17-12-19(21-18(17)11-14)20(24)23-7-5-22(6-8-23)13-16-4-3-9-25-16/h10-12,16,21H,3-9,13H2,1-2H3. The highest BCUT2D eigenvalue weighted by atomic mass is 16.5. The van der Waals surface area contributed by atoms with Gasteiger partial charge in [-0.05, 0) is 49.9 Å². The van der Waals surface area contributed by atoms with Crippen molar-refractivity contribution in [3.8, 4) is 0 Å². The molecule has 1 atom stereocenters. The molecule has 134 valence electrons. The van der Waals surface area contributed by atoms with E-state index in [1.807, 2.05) is 11.0 Å². The number of hydrogen-bond acceptors (Lipinski definition) is 3. The van der Waals surface area contributed by atoms with Gasteiger partial charge in [-0.1, -0.05) is 6.07 Å². The van der Waals surface area contributed by atoms with Crippen molar-refractivity contribution in [2.24, 2.45) is 0 Å². The Kier molecular flexibility index (Phi) is 4.52. The molecular formula is C20H27N3O2. The van der Waals surface area contributed by atoms with Gasteiger partial charge in [0.25, 0.3) is 5.91 Å². The van der Waals surface area contributed by atoms with Gasteiger partial charge in [0.1, 0.15) is 5.69 Å². The van der Waals surface area contributed by atoms with Crippen LogP contribution in [0.25, 0.3) is 10.9 Å². The Labute approximate surface area is 148 Å². The normalized spacial score (nSPS) is 22.0. The molecule has 2 aliphatic heterocycles. The van der Waals surface area contributed by atoms with Crippen LogP contribution in [0.3, 0.4) is 0 Å². The molecule has 4 rings (SSSR count). The van der Waals surface area contributed by atoms with Crippen LogP contribution in [0.1, 0.15) is 34.5 Å². The van der Waals surface area contributed by atoms with Crippen molar-refractivity contribution < 1.29 is 9.53 Å². The number of hydrogen-bond donors (Lipinski definition) is 1. The Morgan fingerprint density at radius 2 is 2.00 bits per heavy atom. The van der Waals surface area contributed by atoms with E-state index in [0.717, 1.165) is 50.2 Å². The highest BCUT2D eigenvalue weighted by Gasteiger charge is 2.26. The van der Waals surface area contributed by atoms with Crippen molar-refractivity contribution in [3.63, 3.8) is 0 Å². The second kappa shape index (κ2) is 6.81. The molecule has 5 nitrogen and oxygen atoms in total. The number of carbonyl (C=O) groups excluding carboxylic acids is 1. The van der Waals surface area contributed by atoms with Gasteiger partial charge in [0.15, 0.2) is 0 Å². The molecule has 1 amide bonds. The SMILES string of the molecule is Cc1cc(C)c2cc(C(=O)N3CCN(CC4CCCO4)CC3)[nH]c2c1. The van der Waals surface area contributed by atoms with E-state index in [0.29, 0.717) is 11.8 Å². The van der Waals surface area contributed by atoms with Crippen LogP contribution in [0, 0.1) is 13.8 Å². The summed E-state index contributed by atoms with van der Waals surface area (Å²) in [5.41, 5.74) is 4.19. The van der Waals surface area contributed by atoms with Crippen LogP contribution in [-0.4, -0.2) is 66.1 Å². The third-order valence-electron chi connectivity index (χ3n) is 5.46. The number of H-pyrrole nitrogens is 1. The fourth-order valence-electron chi connectivity index (χ4n) is 4.09. The van der Waals surface area contributed by atoms with Gasteiger partial charge in [-0.25, -0.2) is 0 Å². The predicted molar refractivity (Wildman–Crippen MR) is 99.1 cm³/mol. The van der Waals surface area contributed by atoms with Crippen LogP contribution in [-0.2, 0) is 4.74 Å². The molecule has 0 saturated carbocycles. The quantitative estimate of drug-likeness (QED) is 0.934. The fraction of sp³-hybridized carbons (Fsp3) is 0.550. The van der Waals surface area contributed by atoms with Crippen LogP contribution >= 0.6 is 0 Å². The van der Waals surface area contributed by atoms with Crippen molar-refractivity contribution in [2.45, 2.75) is 32.8 Å². The van der Waals surface area contributed by atoms with Crippen molar-refractivity contribution in [3.05, 3.63) is 35.0 Å². The maximum Gasteiger partial charge on any atom is 0.270 e. The number of nitrogens with one attached hydrogen (secondary N) is 1. The van der Waals surface area contributed by atoms with E-state index in [2.05, 4.69) is 35.9 Å². The Balaban J connectivity index is 1.41. The summed E-state index contributed by atoms with van der Waals surface area (Å²) in [7, 11) is 0. The lowest BCUT2D eigenvalue weighted by atomic mass is 10.1. The average Bonchev–Trinajstić information content (AvgIpc) is 3.24. The average molecular weight is 341 g/mol. The van der Waals surface area contributed by atoms with E-state index < -0.39 is 0 Å². The molecule has 0 spiro atoms. The summed E-state index contributed by atoms with van der Waals surface area (Å²) < 4.78 is 5.73. The molecule has 2 fully saturated rings. The van der Waals surface area contributed by atoms with Gasteiger partial charge in [-0.3, -0.25) is 9.69 Å². The Morgan fingerprint density at radius 1 is 1.20 bits per heavy atom. The number of nitrogens with zero attached hydrogens (tertiary/aromatic N) is 2. The van der Waals surface area contributed by atoms with Crippen LogP contribution in [0.2, 0.25) is 0 Å². The largest absolute Gasteiger partial charge is 0.377 e. The molecule has 1 N–H and O–H groups in total. The first-order valence-electron chi connectivity index (χ1n) is 9.33. The topological polar surface area (TPSA) is 48.6 Å². The summed E-state index contributed by atoms with van der Waals surface area (Å²) in [5, 5.41) is 1.14. The Hall–Kier alpha value is -1.85. The third kappa shape index (κ3) is 3.44. The molecule has 25 heavy (non-hydrogen) atoms. The Morgan fingerprint density at radius 3 is 2.72 bits per heavy atom. The van der Waals surface area contributed by atoms with Crippen molar-refractivity contribution in [1.29, 1.82) is 0 Å². The van der Waals surface area contributed by atoms with Gasteiger partial charge in [0.2, 0.25) is 0 Å². The molecule has 5 heteroatoms. The van der Waals surface area contributed by atoms with Crippen LogP contribution in [0.15, 0.2) is 18.2 Å². The van der Waals surface area contributed by atoms with Crippen molar-refractivity contribution >= 4 is 16.8 Å². The zero-order valence-electron chi connectivity index (χ0n) is 15.2. The smallest absolute Gasteiger partial charge is 0.270 e. The van der Waals surface area contributed by atoms with E-state index in [9.17, 15) is 4.79 Å². The number of ether oxygens (including phenoxy) is 1. The number of carbonyl (C=O) groups is 1. The maximum atomic E-state index is 12.9. The fourth-order valence-corrected chi connectivity index (χ4v) is 4.09. The molecule has 0 radical (unpaired) electrons. The number of amides is 1. The maximum absolute atomic E-state index is 12.9. The summed E-state index contributed by atoms with van der Waals surface area (Å²) in [6.45, 7) is 9.55. The second-order valence-electron chi connectivity index (χ2n) is 7.45. The summed E-state index contributed by atoms with van der Waals surface area (Å²) in [6, 6.07) is 6.28. The van der Waals surface area contributed by atoms with Crippen molar-refractivity contribution in [1.82, 2.24) is 14.8 Å². The van der Waals surface area contributed by atoms with E-state index in [4.69, 9.17) is 4.74 Å². The van der Waals surface area contributed by atoms with Gasteiger partial charge < -0.3 is 14.6 Å². The van der Waals surface area contributed by atoms with Crippen LogP contribution in [0.5, 0.6) is 0 Å². The second-order valence-corrected chi connectivity index (χ2v) is 7.45. The molecule has 0 aliphatic carbocycles. The highest BCUT2D eigenvalue weighted by molar-refractivity contribution is 5.99. The molecular weight excluding hydrogens is 314 g/mol. The summed E-state index contributed by atoms with van der Waals surface area (Å²) in [4.78, 5) is 20.6. The number of aromatic nitrogens is 1. The van der Waals surface area contributed by atoms with Crippen LogP contribution in [0.4, 0.5) is 0 Å². The highest BCUT2D eigenvalue weighted by Crippen LogP contribution is 2.22. The van der Waals surface area contributed by atoms with E-state index in [1.165, 1.54) is 24.0 Å². The minimum Gasteiger partial charge on any atom is -0.377 e. The number of rotatable bonds is 3. The van der Waals surface area contributed by atoms with Crippen LogP contribution < -0.4 is 0 Å².